The Balaban J connectivity index is 0.967. The molecule has 0 aromatic carbocycles. The largest absolute Gasteiger partial charge is 0.471 e. The second-order valence-corrected chi connectivity index (χ2v) is 12.3. The number of alkyl halides is 6. The number of hydrogen-bond acceptors (Lipinski definition) is 10. The van der Waals surface area contributed by atoms with Crippen molar-refractivity contribution in [1.82, 2.24) is 49.7 Å². The van der Waals surface area contributed by atoms with Crippen molar-refractivity contribution in [1.29, 1.82) is 0 Å². The van der Waals surface area contributed by atoms with Crippen LogP contribution in [0.1, 0.15) is 77.0 Å². The molecule has 0 unspecified atom stereocenters. The van der Waals surface area contributed by atoms with Crippen LogP contribution in [0, 0.1) is 0 Å². The maximum absolute atomic E-state index is 12.6. The molecule has 0 aliphatic rings. The predicted octanol–water partition coefficient (Wildman–Crippen LogP) is 4.58. The zero-order chi connectivity index (χ0) is 39.1. The van der Waals surface area contributed by atoms with Crippen molar-refractivity contribution in [2.24, 2.45) is 0 Å². The van der Waals surface area contributed by atoms with E-state index < -0.39 is 24.2 Å². The van der Waals surface area contributed by atoms with Crippen molar-refractivity contribution < 1.29 is 45.5 Å². The fourth-order valence-electron chi connectivity index (χ4n) is 5.37. The topological polar surface area (TPSA) is 204 Å². The number of nitrogens with zero attached hydrogens (tertiary/aromatic N) is 8. The van der Waals surface area contributed by atoms with Crippen molar-refractivity contribution >= 4 is 57.6 Å². The first-order valence-corrected chi connectivity index (χ1v) is 17.4. The number of hydrogen-bond donors (Lipinski definition) is 4. The number of imidazole rings is 2. The highest BCUT2D eigenvalue weighted by molar-refractivity contribution is 6.00. The molecule has 294 valence electrons. The van der Waals surface area contributed by atoms with Crippen LogP contribution in [-0.4, -0.2) is 88.1 Å². The van der Waals surface area contributed by atoms with Crippen LogP contribution < -0.4 is 21.3 Å². The number of anilines is 2. The number of fused-ring (bicyclic) bond motifs is 2. The van der Waals surface area contributed by atoms with Gasteiger partial charge in [0.1, 0.15) is 12.7 Å². The van der Waals surface area contributed by atoms with Crippen LogP contribution in [0.5, 0.6) is 0 Å². The van der Waals surface area contributed by atoms with E-state index in [-0.39, 0.29) is 71.7 Å². The minimum atomic E-state index is -5.08. The fraction of sp³-hybridized carbons (Fsp3) is 0.562. The number of halogens is 6. The quantitative estimate of drug-likeness (QED) is 0.0686. The van der Waals surface area contributed by atoms with Gasteiger partial charge in [-0.05, 0) is 12.8 Å². The Morgan fingerprint density at radius 1 is 0.519 bits per heavy atom. The molecular weight excluding hydrogens is 730 g/mol. The van der Waals surface area contributed by atoms with Gasteiger partial charge in [0.15, 0.2) is 34.0 Å². The van der Waals surface area contributed by atoms with Gasteiger partial charge in [-0.1, -0.05) is 51.4 Å². The van der Waals surface area contributed by atoms with Gasteiger partial charge >= 0.3 is 24.2 Å². The van der Waals surface area contributed by atoms with Gasteiger partial charge in [0.05, 0.1) is 12.7 Å². The van der Waals surface area contributed by atoms with Crippen LogP contribution in [0.2, 0.25) is 0 Å². The van der Waals surface area contributed by atoms with Gasteiger partial charge in [-0.2, -0.15) is 26.3 Å². The molecule has 4 aromatic rings. The standard InChI is InChI=1S/C32H40F6N12O4/c33-31(34,35)29(53)47-25-23-27(43-17-41-25)49(19-45-23)15-11-21(51)39-13-9-7-5-3-1-2-4-6-8-10-14-40-22(52)12-16-50-20-46-24-26(42-18-44-28(24)50)48-30(54)32(36,37)38/h17-20H,1-16H2,(H,39,51)(H,40,52)(H,41,43,47,53)(H,42,44,48,54). The van der Waals surface area contributed by atoms with E-state index in [0.717, 1.165) is 76.9 Å². The van der Waals surface area contributed by atoms with Crippen molar-refractivity contribution in [2.75, 3.05) is 23.7 Å². The highest BCUT2D eigenvalue weighted by Crippen LogP contribution is 2.23. The summed E-state index contributed by atoms with van der Waals surface area (Å²) in [4.78, 5) is 70.4. The number of carbonyl (C=O) groups excluding carboxylic acids is 4. The van der Waals surface area contributed by atoms with E-state index in [2.05, 4.69) is 40.5 Å². The number of amides is 4. The van der Waals surface area contributed by atoms with E-state index in [4.69, 9.17) is 0 Å². The van der Waals surface area contributed by atoms with Crippen LogP contribution in [0.4, 0.5) is 38.0 Å². The minimum Gasteiger partial charge on any atom is -0.356 e. The van der Waals surface area contributed by atoms with Gasteiger partial charge in [-0.15, -0.1) is 0 Å². The molecule has 4 aromatic heterocycles. The van der Waals surface area contributed by atoms with Crippen LogP contribution in [0.3, 0.4) is 0 Å². The summed E-state index contributed by atoms with van der Waals surface area (Å²) in [5.74, 6) is -5.45. The molecule has 22 heteroatoms. The molecule has 4 heterocycles. The highest BCUT2D eigenvalue weighted by Gasteiger charge is 2.40. The first-order valence-electron chi connectivity index (χ1n) is 17.4. The predicted molar refractivity (Wildman–Crippen MR) is 181 cm³/mol. The molecule has 0 bridgehead atoms. The van der Waals surface area contributed by atoms with Crippen molar-refractivity contribution in [3.8, 4) is 0 Å². The number of unbranched alkanes of at least 4 members (excludes halogenated alkanes) is 9. The van der Waals surface area contributed by atoms with Gasteiger partial charge in [0, 0.05) is 39.0 Å². The van der Waals surface area contributed by atoms with E-state index in [0.29, 0.717) is 13.1 Å². The summed E-state index contributed by atoms with van der Waals surface area (Å²) in [6, 6.07) is 0. The van der Waals surface area contributed by atoms with Gasteiger partial charge in [0.2, 0.25) is 11.8 Å². The smallest absolute Gasteiger partial charge is 0.356 e. The summed E-state index contributed by atoms with van der Waals surface area (Å²) in [6.07, 6.45) is 4.83. The van der Waals surface area contributed by atoms with Crippen LogP contribution in [-0.2, 0) is 32.3 Å². The Hall–Kier alpha value is -5.44. The minimum absolute atomic E-state index is 0.0160. The Morgan fingerprint density at radius 2 is 0.870 bits per heavy atom. The fourth-order valence-corrected chi connectivity index (χ4v) is 5.37. The zero-order valence-corrected chi connectivity index (χ0v) is 29.1. The lowest BCUT2D eigenvalue weighted by atomic mass is 10.1. The lowest BCUT2D eigenvalue weighted by Gasteiger charge is -2.08. The Bertz CT molecular complexity index is 1740. The molecule has 0 saturated heterocycles. The summed E-state index contributed by atoms with van der Waals surface area (Å²) < 4.78 is 78.5. The maximum atomic E-state index is 12.6. The van der Waals surface area contributed by atoms with Gasteiger partial charge in [-0.3, -0.25) is 19.2 Å². The molecule has 0 aliphatic carbocycles. The maximum Gasteiger partial charge on any atom is 0.471 e. The summed E-state index contributed by atoms with van der Waals surface area (Å²) >= 11 is 0. The number of carbonyl (C=O) groups is 4. The van der Waals surface area contributed by atoms with Crippen LogP contribution in [0.15, 0.2) is 25.3 Å². The normalized spacial score (nSPS) is 11.9. The molecule has 0 atom stereocenters. The molecule has 4 rings (SSSR count). The van der Waals surface area contributed by atoms with Crippen molar-refractivity contribution in [3.05, 3.63) is 25.3 Å². The molecule has 4 amide bonds. The Morgan fingerprint density at radius 3 is 1.22 bits per heavy atom. The third-order valence-corrected chi connectivity index (χ3v) is 8.19. The van der Waals surface area contributed by atoms with E-state index in [1.807, 2.05) is 0 Å². The SMILES string of the molecule is O=C(CCn1cnc2c(NC(=O)C(F)(F)F)ncnc21)NCCCCCCCCCCCCNC(=O)CCn1cnc2c(NC(=O)C(F)(F)F)ncnc21. The average molecular weight is 771 g/mol. The third kappa shape index (κ3) is 12.6. The van der Waals surface area contributed by atoms with Crippen molar-refractivity contribution in [3.63, 3.8) is 0 Å². The molecule has 0 fully saturated rings. The lowest BCUT2D eigenvalue weighted by Crippen LogP contribution is -2.30. The second kappa shape index (κ2) is 19.6. The second-order valence-electron chi connectivity index (χ2n) is 12.3. The highest BCUT2D eigenvalue weighted by atomic mass is 19.4. The van der Waals surface area contributed by atoms with E-state index in [1.165, 1.54) is 21.8 Å². The number of aromatic nitrogens is 8. The number of aryl methyl sites for hydroxylation is 2. The molecule has 54 heavy (non-hydrogen) atoms. The number of nitrogens with one attached hydrogen (secondary N) is 4. The van der Waals surface area contributed by atoms with Crippen molar-refractivity contribution in [2.45, 2.75) is 102 Å². The van der Waals surface area contributed by atoms with Gasteiger partial charge < -0.3 is 30.4 Å². The zero-order valence-electron chi connectivity index (χ0n) is 29.1. The summed E-state index contributed by atoms with van der Waals surface area (Å²) in [5, 5.41) is 9.08. The molecule has 4 N–H and O–H groups in total. The third-order valence-electron chi connectivity index (χ3n) is 8.19. The Labute approximate surface area is 304 Å². The monoisotopic (exact) mass is 770 g/mol. The molecule has 0 saturated carbocycles. The molecular formula is C32H40F6N12O4. The first kappa shape index (κ1) is 41.3. The van der Waals surface area contributed by atoms with E-state index in [1.54, 1.807) is 10.6 Å². The average Bonchev–Trinajstić information content (AvgIpc) is 3.74. The van der Waals surface area contributed by atoms with E-state index >= 15 is 0 Å². The molecule has 0 spiro atoms. The molecule has 0 aliphatic heterocycles. The summed E-state index contributed by atoms with van der Waals surface area (Å²) in [6.45, 7) is 1.44. The molecule has 0 radical (unpaired) electrons. The summed E-state index contributed by atoms with van der Waals surface area (Å²) in [7, 11) is 0. The Kier molecular flexibility index (Phi) is 15.0. The van der Waals surface area contributed by atoms with Crippen LogP contribution >= 0.6 is 0 Å². The van der Waals surface area contributed by atoms with Gasteiger partial charge in [-0.25, -0.2) is 29.9 Å². The lowest BCUT2D eigenvalue weighted by molar-refractivity contribution is -0.167. The van der Waals surface area contributed by atoms with Crippen LogP contribution in [0.25, 0.3) is 22.3 Å². The molecule has 16 nitrogen and oxygen atoms in total. The first-order chi connectivity index (χ1) is 25.7. The summed E-state index contributed by atoms with van der Waals surface area (Å²) in [5.41, 5.74) is 0.353. The van der Waals surface area contributed by atoms with Gasteiger partial charge in [0.25, 0.3) is 0 Å². The number of rotatable bonds is 21. The van der Waals surface area contributed by atoms with E-state index in [9.17, 15) is 45.5 Å².